The van der Waals surface area contributed by atoms with Gasteiger partial charge >= 0.3 is 5.97 Å². The molecule has 0 spiro atoms. The quantitative estimate of drug-likeness (QED) is 0.702. The molecule has 0 heterocycles. The molecule has 0 aliphatic carbocycles. The number of esters is 1. The van der Waals surface area contributed by atoms with Crippen molar-refractivity contribution in [2.24, 2.45) is 0 Å². The topological polar surface area (TPSA) is 92.8 Å². The van der Waals surface area contributed by atoms with Crippen LogP contribution in [-0.4, -0.2) is 51.4 Å². The summed E-state index contributed by atoms with van der Waals surface area (Å²) in [5.74, 6) is -1.12. The molecule has 0 aliphatic heterocycles. The average molecular weight is 342 g/mol. The van der Waals surface area contributed by atoms with E-state index in [0.717, 1.165) is 5.56 Å². The van der Waals surface area contributed by atoms with Crippen molar-refractivity contribution in [3.05, 3.63) is 29.8 Å². The molecular weight excluding hydrogens is 320 g/mol. The van der Waals surface area contributed by atoms with Crippen LogP contribution in [0.1, 0.15) is 19.4 Å². The van der Waals surface area contributed by atoms with Crippen LogP contribution in [0, 0.1) is 6.92 Å². The maximum Gasteiger partial charge on any atom is 0.321 e. The lowest BCUT2D eigenvalue weighted by Crippen LogP contribution is -2.36. The number of nitrogens with one attached hydrogen (secondary N) is 1. The Morgan fingerprint density at radius 3 is 2.22 bits per heavy atom. The zero-order chi connectivity index (χ0) is 17.5. The fraction of sp³-hybridized carbons (Fsp3) is 0.467. The number of likely N-dealkylation sites (N-methyl/N-ethyl adjacent to an activating group) is 1. The number of carbonyl (C=O) groups excluding carboxylic acids is 2. The number of ether oxygens (including phenoxy) is 1. The maximum absolute atomic E-state index is 12.0. The average Bonchev–Trinajstić information content (AvgIpc) is 2.52. The van der Waals surface area contributed by atoms with Crippen molar-refractivity contribution >= 4 is 21.9 Å². The first-order chi connectivity index (χ1) is 10.8. The van der Waals surface area contributed by atoms with Crippen LogP contribution in [0.3, 0.4) is 0 Å². The predicted octanol–water partition coefficient (Wildman–Crippen LogP) is 0.685. The Morgan fingerprint density at radius 2 is 1.70 bits per heavy atom. The molecule has 1 rings (SSSR count). The van der Waals surface area contributed by atoms with E-state index in [0.29, 0.717) is 13.1 Å². The van der Waals surface area contributed by atoms with Crippen molar-refractivity contribution in [3.8, 4) is 0 Å². The summed E-state index contributed by atoms with van der Waals surface area (Å²) in [4.78, 5) is 24.8. The second-order valence-electron chi connectivity index (χ2n) is 4.86. The van der Waals surface area contributed by atoms with E-state index < -0.39 is 29.1 Å². The summed E-state index contributed by atoms with van der Waals surface area (Å²) in [6, 6.07) is 6.23. The van der Waals surface area contributed by atoms with E-state index >= 15 is 0 Å². The monoisotopic (exact) mass is 342 g/mol. The number of hydrogen-bond donors (Lipinski definition) is 1. The summed E-state index contributed by atoms with van der Waals surface area (Å²) < 4.78 is 30.9. The van der Waals surface area contributed by atoms with Gasteiger partial charge in [0.15, 0.2) is 6.61 Å². The van der Waals surface area contributed by atoms with Crippen LogP contribution in [0.15, 0.2) is 29.2 Å². The summed E-state index contributed by atoms with van der Waals surface area (Å²) in [5, 5.41) is 0. The molecule has 7 nitrogen and oxygen atoms in total. The predicted molar refractivity (Wildman–Crippen MR) is 85.3 cm³/mol. The third-order valence-corrected chi connectivity index (χ3v) is 4.63. The molecule has 0 aromatic heterocycles. The minimum Gasteiger partial charge on any atom is -0.455 e. The van der Waals surface area contributed by atoms with Gasteiger partial charge in [-0.2, -0.15) is 4.72 Å². The lowest BCUT2D eigenvalue weighted by atomic mass is 10.2. The summed E-state index contributed by atoms with van der Waals surface area (Å²) in [6.45, 7) is 5.60. The highest BCUT2D eigenvalue weighted by molar-refractivity contribution is 7.89. The maximum atomic E-state index is 12.0. The van der Waals surface area contributed by atoms with E-state index in [9.17, 15) is 18.0 Å². The lowest BCUT2D eigenvalue weighted by Gasteiger charge is -2.18. The van der Waals surface area contributed by atoms with Crippen molar-refractivity contribution in [1.29, 1.82) is 0 Å². The number of nitrogens with zero attached hydrogens (tertiary/aromatic N) is 1. The number of benzene rings is 1. The van der Waals surface area contributed by atoms with Crippen LogP contribution < -0.4 is 4.72 Å². The first-order valence-electron chi connectivity index (χ1n) is 7.29. The second-order valence-corrected chi connectivity index (χ2v) is 6.63. The van der Waals surface area contributed by atoms with Crippen molar-refractivity contribution in [1.82, 2.24) is 9.62 Å². The number of sulfonamides is 1. The van der Waals surface area contributed by atoms with Gasteiger partial charge in [-0.3, -0.25) is 9.59 Å². The van der Waals surface area contributed by atoms with Crippen molar-refractivity contribution in [2.45, 2.75) is 25.7 Å². The number of carbonyl (C=O) groups is 2. The van der Waals surface area contributed by atoms with E-state index in [2.05, 4.69) is 4.72 Å². The van der Waals surface area contributed by atoms with Gasteiger partial charge in [0.25, 0.3) is 5.91 Å². The van der Waals surface area contributed by atoms with Gasteiger partial charge < -0.3 is 9.64 Å². The number of amides is 1. The smallest absolute Gasteiger partial charge is 0.321 e. The van der Waals surface area contributed by atoms with E-state index in [1.807, 2.05) is 20.8 Å². The van der Waals surface area contributed by atoms with Crippen LogP contribution in [0.5, 0.6) is 0 Å². The minimum absolute atomic E-state index is 0.0649. The lowest BCUT2D eigenvalue weighted by molar-refractivity contribution is -0.150. The zero-order valence-electron chi connectivity index (χ0n) is 13.5. The van der Waals surface area contributed by atoms with E-state index in [-0.39, 0.29) is 10.8 Å². The minimum atomic E-state index is -3.78. The van der Waals surface area contributed by atoms with Gasteiger partial charge in [-0.05, 0) is 32.9 Å². The van der Waals surface area contributed by atoms with Crippen LogP contribution >= 0.6 is 0 Å². The highest BCUT2D eigenvalue weighted by Crippen LogP contribution is 2.09. The van der Waals surface area contributed by atoms with Crippen molar-refractivity contribution in [3.63, 3.8) is 0 Å². The molecule has 23 heavy (non-hydrogen) atoms. The van der Waals surface area contributed by atoms with Gasteiger partial charge in [-0.25, -0.2) is 8.42 Å². The first-order valence-corrected chi connectivity index (χ1v) is 8.78. The summed E-state index contributed by atoms with van der Waals surface area (Å²) in [6.07, 6.45) is 0. The van der Waals surface area contributed by atoms with Gasteiger partial charge in [0.2, 0.25) is 10.0 Å². The second kappa shape index (κ2) is 8.64. The molecule has 1 aromatic rings. The van der Waals surface area contributed by atoms with Gasteiger partial charge in [-0.1, -0.05) is 17.7 Å². The Morgan fingerprint density at radius 1 is 1.13 bits per heavy atom. The standard InChI is InChI=1S/C15H22N2O5S/c1-4-17(5-2)14(18)11-22-15(19)10-16-23(20,21)13-8-6-12(3)7-9-13/h6-9,16H,4-5,10-11H2,1-3H3. The Labute approximate surface area is 136 Å². The van der Waals surface area contributed by atoms with Gasteiger partial charge in [-0.15, -0.1) is 0 Å². The van der Waals surface area contributed by atoms with Crippen LogP contribution in [0.25, 0.3) is 0 Å². The molecule has 0 atom stereocenters. The van der Waals surface area contributed by atoms with Gasteiger partial charge in [0.05, 0.1) is 4.90 Å². The SMILES string of the molecule is CCN(CC)C(=O)COC(=O)CNS(=O)(=O)c1ccc(C)cc1. The van der Waals surface area contributed by atoms with E-state index in [1.54, 1.807) is 12.1 Å². The van der Waals surface area contributed by atoms with E-state index in [1.165, 1.54) is 17.0 Å². The molecule has 0 unspecified atom stereocenters. The van der Waals surface area contributed by atoms with Crippen LogP contribution in [0.4, 0.5) is 0 Å². The van der Waals surface area contributed by atoms with Crippen molar-refractivity contribution in [2.75, 3.05) is 26.2 Å². The molecule has 1 amide bonds. The highest BCUT2D eigenvalue weighted by Gasteiger charge is 2.17. The van der Waals surface area contributed by atoms with Gasteiger partial charge in [0.1, 0.15) is 6.54 Å². The molecule has 0 fully saturated rings. The number of aryl methyl sites for hydroxylation is 1. The Balaban J connectivity index is 2.49. The molecular formula is C15H22N2O5S. The molecule has 1 aromatic carbocycles. The van der Waals surface area contributed by atoms with Crippen LogP contribution in [-0.2, 0) is 24.3 Å². The molecule has 0 radical (unpaired) electrons. The first kappa shape index (κ1) is 19.1. The number of hydrogen-bond acceptors (Lipinski definition) is 5. The third-order valence-electron chi connectivity index (χ3n) is 3.21. The molecule has 0 saturated heterocycles. The fourth-order valence-corrected chi connectivity index (χ4v) is 2.78. The Bertz CT molecular complexity index is 636. The zero-order valence-corrected chi connectivity index (χ0v) is 14.4. The normalized spacial score (nSPS) is 11.1. The third kappa shape index (κ3) is 5.99. The molecule has 0 saturated carbocycles. The van der Waals surface area contributed by atoms with Gasteiger partial charge in [0, 0.05) is 13.1 Å². The molecule has 128 valence electrons. The fourth-order valence-electron chi connectivity index (χ4n) is 1.82. The number of rotatable bonds is 8. The Hall–Kier alpha value is -1.93. The van der Waals surface area contributed by atoms with Crippen LogP contribution in [0.2, 0.25) is 0 Å². The highest BCUT2D eigenvalue weighted by atomic mass is 32.2. The van der Waals surface area contributed by atoms with Crippen molar-refractivity contribution < 1.29 is 22.7 Å². The molecule has 0 bridgehead atoms. The largest absolute Gasteiger partial charge is 0.455 e. The molecule has 8 heteroatoms. The van der Waals surface area contributed by atoms with E-state index in [4.69, 9.17) is 4.74 Å². The summed E-state index contributed by atoms with van der Waals surface area (Å²) >= 11 is 0. The Kier molecular flexibility index (Phi) is 7.18. The molecule has 0 aliphatic rings. The summed E-state index contributed by atoms with van der Waals surface area (Å²) in [5.41, 5.74) is 0.929. The molecule has 1 N–H and O–H groups in total. The summed E-state index contributed by atoms with van der Waals surface area (Å²) in [7, 11) is -3.78.